The standard InChI is InChI=1S/C7H13OS/c1-2-9-7-5-3-4-6-8-7/h7H,1-6H2. The Morgan fingerprint density at radius 1 is 1.56 bits per heavy atom. The first-order valence-electron chi connectivity index (χ1n) is 3.46. The van der Waals surface area contributed by atoms with Crippen LogP contribution in [0.15, 0.2) is 0 Å². The van der Waals surface area contributed by atoms with Gasteiger partial charge in [0.15, 0.2) is 0 Å². The van der Waals surface area contributed by atoms with Gasteiger partial charge < -0.3 is 4.74 Å². The molecule has 9 heavy (non-hydrogen) atoms. The van der Waals surface area contributed by atoms with Crippen molar-refractivity contribution in [3.05, 3.63) is 6.92 Å². The molecule has 0 bridgehead atoms. The first-order valence-corrected chi connectivity index (χ1v) is 4.51. The van der Waals surface area contributed by atoms with Crippen LogP contribution in [-0.4, -0.2) is 17.8 Å². The van der Waals surface area contributed by atoms with Crippen molar-refractivity contribution in [2.45, 2.75) is 24.7 Å². The molecule has 1 rings (SSSR count). The van der Waals surface area contributed by atoms with Crippen LogP contribution in [0.2, 0.25) is 0 Å². The summed E-state index contributed by atoms with van der Waals surface area (Å²) in [6.07, 6.45) is 3.80. The Bertz CT molecular complexity index is 66.6. The van der Waals surface area contributed by atoms with Crippen LogP contribution in [0.4, 0.5) is 0 Å². The van der Waals surface area contributed by atoms with Crippen molar-refractivity contribution in [2.24, 2.45) is 0 Å². The minimum absolute atomic E-state index is 0.455. The van der Waals surface area contributed by atoms with Gasteiger partial charge in [-0.2, -0.15) is 0 Å². The summed E-state index contributed by atoms with van der Waals surface area (Å²) in [5, 5.41) is 0. The van der Waals surface area contributed by atoms with Gasteiger partial charge in [0.2, 0.25) is 0 Å². The third kappa shape index (κ3) is 2.59. The SMILES string of the molecule is [CH2]CSC1CCCCO1. The quantitative estimate of drug-likeness (QED) is 0.588. The van der Waals surface area contributed by atoms with Gasteiger partial charge >= 0.3 is 0 Å². The van der Waals surface area contributed by atoms with Gasteiger partial charge in [0.05, 0.1) is 0 Å². The molecule has 0 spiro atoms. The first-order chi connectivity index (χ1) is 4.43. The second kappa shape index (κ2) is 4.18. The van der Waals surface area contributed by atoms with Gasteiger partial charge in [0.25, 0.3) is 0 Å². The highest BCUT2D eigenvalue weighted by Gasteiger charge is 2.11. The third-order valence-corrected chi connectivity index (χ3v) is 2.42. The predicted molar refractivity (Wildman–Crippen MR) is 41.4 cm³/mol. The highest BCUT2D eigenvalue weighted by molar-refractivity contribution is 7.99. The predicted octanol–water partition coefficient (Wildman–Crippen LogP) is 2.08. The molecule has 0 saturated carbocycles. The van der Waals surface area contributed by atoms with E-state index < -0.39 is 0 Å². The van der Waals surface area contributed by atoms with E-state index in [4.69, 9.17) is 4.74 Å². The van der Waals surface area contributed by atoms with Gasteiger partial charge in [-0.3, -0.25) is 0 Å². The molecule has 1 radical (unpaired) electrons. The molecule has 0 aromatic carbocycles. The molecule has 1 unspecified atom stereocenters. The average Bonchev–Trinajstić information content (AvgIpc) is 1.91. The maximum absolute atomic E-state index is 5.44. The molecule has 0 aliphatic carbocycles. The summed E-state index contributed by atoms with van der Waals surface area (Å²) in [6.45, 7) is 4.72. The molecule has 1 atom stereocenters. The Morgan fingerprint density at radius 2 is 2.44 bits per heavy atom. The average molecular weight is 145 g/mol. The van der Waals surface area contributed by atoms with E-state index in [1.54, 1.807) is 0 Å². The molecule has 0 aromatic heterocycles. The van der Waals surface area contributed by atoms with Crippen LogP contribution in [0.5, 0.6) is 0 Å². The highest BCUT2D eigenvalue weighted by atomic mass is 32.2. The van der Waals surface area contributed by atoms with Crippen molar-refractivity contribution in [2.75, 3.05) is 12.4 Å². The summed E-state index contributed by atoms with van der Waals surface area (Å²) in [5.74, 6) is 0.935. The fourth-order valence-electron chi connectivity index (χ4n) is 0.974. The van der Waals surface area contributed by atoms with Crippen LogP contribution in [0.25, 0.3) is 0 Å². The number of ether oxygens (including phenoxy) is 1. The van der Waals surface area contributed by atoms with Crippen molar-refractivity contribution in [3.8, 4) is 0 Å². The smallest absolute Gasteiger partial charge is 0.103 e. The normalized spacial score (nSPS) is 28.3. The number of rotatable bonds is 2. The Morgan fingerprint density at radius 3 is 3.00 bits per heavy atom. The van der Waals surface area contributed by atoms with E-state index in [1.165, 1.54) is 19.3 Å². The maximum atomic E-state index is 5.44. The van der Waals surface area contributed by atoms with E-state index in [-0.39, 0.29) is 0 Å². The van der Waals surface area contributed by atoms with E-state index >= 15 is 0 Å². The maximum Gasteiger partial charge on any atom is 0.103 e. The highest BCUT2D eigenvalue weighted by Crippen LogP contribution is 2.22. The molecule has 0 amide bonds. The topological polar surface area (TPSA) is 9.23 Å². The van der Waals surface area contributed by atoms with E-state index in [9.17, 15) is 0 Å². The van der Waals surface area contributed by atoms with Crippen LogP contribution in [-0.2, 0) is 4.74 Å². The van der Waals surface area contributed by atoms with E-state index in [0.29, 0.717) is 5.44 Å². The largest absolute Gasteiger partial charge is 0.368 e. The summed E-state index contributed by atoms with van der Waals surface area (Å²) in [5.41, 5.74) is 0.455. The van der Waals surface area contributed by atoms with Crippen LogP contribution in [0, 0.1) is 6.92 Å². The molecule has 2 heteroatoms. The molecule has 1 heterocycles. The van der Waals surface area contributed by atoms with Gasteiger partial charge in [-0.25, -0.2) is 0 Å². The number of hydrogen-bond donors (Lipinski definition) is 0. The summed E-state index contributed by atoms with van der Waals surface area (Å²) >= 11 is 1.82. The molecule has 1 aliphatic heterocycles. The third-order valence-electron chi connectivity index (χ3n) is 1.44. The summed E-state index contributed by atoms with van der Waals surface area (Å²) in [4.78, 5) is 0. The molecule has 1 fully saturated rings. The van der Waals surface area contributed by atoms with Gasteiger partial charge in [0, 0.05) is 6.61 Å². The Hall–Kier alpha value is 0.310. The van der Waals surface area contributed by atoms with Crippen molar-refractivity contribution < 1.29 is 4.74 Å². The monoisotopic (exact) mass is 145 g/mol. The van der Waals surface area contributed by atoms with E-state index in [1.807, 2.05) is 11.8 Å². The lowest BCUT2D eigenvalue weighted by molar-refractivity contribution is 0.0729. The Kier molecular flexibility index (Phi) is 3.44. The summed E-state index contributed by atoms with van der Waals surface area (Å²) < 4.78 is 5.44. The molecular weight excluding hydrogens is 132 g/mol. The lowest BCUT2D eigenvalue weighted by atomic mass is 10.2. The Labute approximate surface area is 61.2 Å². The Balaban J connectivity index is 2.08. The molecule has 53 valence electrons. The molecule has 0 N–H and O–H groups in total. The zero-order valence-corrected chi connectivity index (χ0v) is 6.45. The first kappa shape index (κ1) is 7.42. The second-order valence-electron chi connectivity index (χ2n) is 2.17. The van der Waals surface area contributed by atoms with E-state index in [2.05, 4.69) is 6.92 Å². The fraction of sp³-hybridized carbons (Fsp3) is 0.857. The van der Waals surface area contributed by atoms with Gasteiger partial charge in [-0.1, -0.05) is 0 Å². The number of thioether (sulfide) groups is 1. The number of hydrogen-bond acceptors (Lipinski definition) is 2. The minimum Gasteiger partial charge on any atom is -0.368 e. The van der Waals surface area contributed by atoms with Crippen LogP contribution < -0.4 is 0 Å². The summed E-state index contributed by atoms with van der Waals surface area (Å²) in [7, 11) is 0. The molecule has 1 saturated heterocycles. The minimum atomic E-state index is 0.455. The van der Waals surface area contributed by atoms with Crippen LogP contribution >= 0.6 is 11.8 Å². The lowest BCUT2D eigenvalue weighted by Gasteiger charge is -2.20. The van der Waals surface area contributed by atoms with Crippen molar-refractivity contribution in [3.63, 3.8) is 0 Å². The van der Waals surface area contributed by atoms with Crippen molar-refractivity contribution in [1.29, 1.82) is 0 Å². The molecule has 1 nitrogen and oxygen atoms in total. The fourth-order valence-corrected chi connectivity index (χ4v) is 1.76. The van der Waals surface area contributed by atoms with Gasteiger partial charge in [-0.05, 0) is 31.9 Å². The lowest BCUT2D eigenvalue weighted by Crippen LogP contribution is -2.15. The molecule has 1 aliphatic rings. The van der Waals surface area contributed by atoms with Gasteiger partial charge in [0.1, 0.15) is 5.44 Å². The zero-order chi connectivity index (χ0) is 6.53. The van der Waals surface area contributed by atoms with E-state index in [0.717, 1.165) is 12.4 Å². The van der Waals surface area contributed by atoms with Crippen molar-refractivity contribution >= 4 is 11.8 Å². The molecular formula is C7H13OS. The van der Waals surface area contributed by atoms with Crippen LogP contribution in [0.3, 0.4) is 0 Å². The zero-order valence-electron chi connectivity index (χ0n) is 5.64. The van der Waals surface area contributed by atoms with Crippen molar-refractivity contribution in [1.82, 2.24) is 0 Å². The molecule has 0 aromatic rings. The van der Waals surface area contributed by atoms with Gasteiger partial charge in [-0.15, -0.1) is 11.8 Å². The summed E-state index contributed by atoms with van der Waals surface area (Å²) in [6, 6.07) is 0. The van der Waals surface area contributed by atoms with Crippen LogP contribution in [0.1, 0.15) is 19.3 Å². The second-order valence-corrected chi connectivity index (χ2v) is 3.43.